The van der Waals surface area contributed by atoms with Gasteiger partial charge in [-0.1, -0.05) is 19.1 Å². The number of rotatable bonds is 5. The topological polar surface area (TPSA) is 57.8 Å². The van der Waals surface area contributed by atoms with Crippen LogP contribution in [0.3, 0.4) is 0 Å². The maximum absolute atomic E-state index is 11.8. The molecule has 136 valence electrons. The van der Waals surface area contributed by atoms with Crippen molar-refractivity contribution in [1.82, 2.24) is 5.43 Å². The molecule has 0 aliphatic carbocycles. The summed E-state index contributed by atoms with van der Waals surface area (Å²) >= 11 is 0. The lowest BCUT2D eigenvalue weighted by Gasteiger charge is -2.43. The molecule has 0 radical (unpaired) electrons. The number of fused-ring (bicyclic) bond motifs is 1. The van der Waals surface area contributed by atoms with Gasteiger partial charge in [-0.3, -0.25) is 4.79 Å². The molecule has 0 unspecified atom stereocenters. The van der Waals surface area contributed by atoms with E-state index >= 15 is 0 Å². The van der Waals surface area contributed by atoms with Gasteiger partial charge in [-0.25, -0.2) is 5.43 Å². The Labute approximate surface area is 154 Å². The van der Waals surface area contributed by atoms with Gasteiger partial charge in [0.2, 0.25) is 0 Å². The van der Waals surface area contributed by atoms with Gasteiger partial charge >= 0.3 is 5.91 Å². The highest BCUT2D eigenvalue weighted by atomic mass is 16.3. The van der Waals surface area contributed by atoms with Crippen molar-refractivity contribution in [3.05, 3.63) is 59.6 Å². The quantitative estimate of drug-likeness (QED) is 0.639. The molecule has 2 heterocycles. The number of amides is 1. The minimum atomic E-state index is -0.365. The van der Waals surface area contributed by atoms with E-state index in [1.807, 2.05) is 6.07 Å². The van der Waals surface area contributed by atoms with E-state index in [0.717, 1.165) is 18.5 Å². The number of benzene rings is 1. The third-order valence-electron chi connectivity index (χ3n) is 4.57. The molecule has 3 rings (SSSR count). The third-order valence-corrected chi connectivity index (χ3v) is 4.57. The molecular formula is C21H25N3O2. The molecule has 0 spiro atoms. The number of carbonyl (C=O) groups is 1. The largest absolute Gasteiger partial charge is 0.459 e. The molecule has 0 atom stereocenters. The Kier molecular flexibility index (Phi) is 4.98. The first-order valence-electron chi connectivity index (χ1n) is 8.91. The molecule has 5 heteroatoms. The molecule has 2 aromatic rings. The first kappa shape index (κ1) is 18.0. The summed E-state index contributed by atoms with van der Waals surface area (Å²) in [7, 11) is 0. The summed E-state index contributed by atoms with van der Waals surface area (Å²) in [4.78, 5) is 14.3. The van der Waals surface area contributed by atoms with Crippen LogP contribution in [0.5, 0.6) is 0 Å². The van der Waals surface area contributed by atoms with Crippen molar-refractivity contribution < 1.29 is 9.21 Å². The summed E-state index contributed by atoms with van der Waals surface area (Å²) in [6, 6.07) is 9.54. The lowest BCUT2D eigenvalue weighted by atomic mass is 9.88. The van der Waals surface area contributed by atoms with Gasteiger partial charge in [0.1, 0.15) is 0 Å². The van der Waals surface area contributed by atoms with Crippen molar-refractivity contribution in [2.75, 3.05) is 11.4 Å². The minimum absolute atomic E-state index is 0.000283. The van der Waals surface area contributed by atoms with E-state index in [0.29, 0.717) is 0 Å². The van der Waals surface area contributed by atoms with E-state index < -0.39 is 0 Å². The average Bonchev–Trinajstić information content (AvgIpc) is 3.13. The summed E-state index contributed by atoms with van der Waals surface area (Å²) in [5, 5.41) is 4.04. The summed E-state index contributed by atoms with van der Waals surface area (Å²) in [5.74, 6) is -0.125. The van der Waals surface area contributed by atoms with Crippen molar-refractivity contribution in [2.45, 2.75) is 39.7 Å². The maximum Gasteiger partial charge on any atom is 0.307 e. The highest BCUT2D eigenvalue weighted by molar-refractivity contribution is 5.93. The van der Waals surface area contributed by atoms with Crippen LogP contribution >= 0.6 is 0 Å². The molecule has 0 fully saturated rings. The fourth-order valence-electron chi connectivity index (χ4n) is 3.44. The average molecular weight is 351 g/mol. The molecule has 1 aromatic heterocycles. The normalized spacial score (nSPS) is 15.7. The summed E-state index contributed by atoms with van der Waals surface area (Å²) < 4.78 is 5.04. The zero-order chi connectivity index (χ0) is 18.7. The van der Waals surface area contributed by atoms with Crippen LogP contribution in [0, 0.1) is 0 Å². The van der Waals surface area contributed by atoms with Crippen LogP contribution in [0.15, 0.2) is 52.2 Å². The molecule has 5 nitrogen and oxygen atoms in total. The molecule has 0 bridgehead atoms. The number of nitrogens with one attached hydrogen (secondary N) is 1. The molecule has 1 aliphatic rings. The smallest absolute Gasteiger partial charge is 0.307 e. The minimum Gasteiger partial charge on any atom is -0.459 e. The van der Waals surface area contributed by atoms with Crippen LogP contribution in [-0.2, 0) is 0 Å². The highest BCUT2D eigenvalue weighted by Gasteiger charge is 2.30. The fraction of sp³-hybridized carbons (Fsp3) is 0.333. The van der Waals surface area contributed by atoms with Gasteiger partial charge in [-0.2, -0.15) is 5.10 Å². The van der Waals surface area contributed by atoms with Gasteiger partial charge in [-0.15, -0.1) is 0 Å². The van der Waals surface area contributed by atoms with Gasteiger partial charge in [0.05, 0.1) is 18.0 Å². The van der Waals surface area contributed by atoms with Crippen LogP contribution in [0.4, 0.5) is 5.69 Å². The number of hydrazone groups is 1. The Hall–Kier alpha value is -2.82. The van der Waals surface area contributed by atoms with Gasteiger partial charge in [0.25, 0.3) is 0 Å². The van der Waals surface area contributed by atoms with E-state index in [1.54, 1.807) is 18.3 Å². The Bertz CT molecular complexity index is 848. The molecule has 0 saturated heterocycles. The van der Waals surface area contributed by atoms with Gasteiger partial charge in [-0.05, 0) is 62.6 Å². The van der Waals surface area contributed by atoms with Crippen LogP contribution in [0.2, 0.25) is 0 Å². The van der Waals surface area contributed by atoms with Crippen molar-refractivity contribution >= 4 is 23.4 Å². The van der Waals surface area contributed by atoms with E-state index in [1.165, 1.54) is 23.1 Å². The molecule has 0 saturated carbocycles. The van der Waals surface area contributed by atoms with Crippen molar-refractivity contribution in [3.8, 4) is 0 Å². The van der Waals surface area contributed by atoms with E-state index in [-0.39, 0.29) is 17.2 Å². The number of anilines is 1. The number of hydrogen-bond acceptors (Lipinski definition) is 4. The van der Waals surface area contributed by atoms with Crippen LogP contribution in [0.1, 0.15) is 55.8 Å². The SMILES string of the molecule is CCCN1c2ccc(/C=N/NC(=O)c3ccco3)cc2C(C)=CC1(C)C. The Morgan fingerprint density at radius 1 is 1.35 bits per heavy atom. The van der Waals surface area contributed by atoms with Crippen molar-refractivity contribution in [3.63, 3.8) is 0 Å². The monoisotopic (exact) mass is 351 g/mol. The standard InChI is InChI=1S/C21H25N3O2/c1-5-10-24-18-9-8-16(12-17(18)15(2)13-21(24,3)4)14-22-23-20(25)19-7-6-11-26-19/h6-9,11-14H,5,10H2,1-4H3,(H,23,25)/b22-14+. The number of allylic oxidation sites excluding steroid dienone is 1. The second kappa shape index (κ2) is 7.20. The predicted octanol–water partition coefficient (Wildman–Crippen LogP) is 4.46. The predicted molar refractivity (Wildman–Crippen MR) is 106 cm³/mol. The zero-order valence-corrected chi connectivity index (χ0v) is 15.7. The van der Waals surface area contributed by atoms with Gasteiger partial charge in [0.15, 0.2) is 5.76 Å². The number of hydrogen-bond donors (Lipinski definition) is 1. The second-order valence-electron chi connectivity index (χ2n) is 7.09. The first-order chi connectivity index (χ1) is 12.4. The second-order valence-corrected chi connectivity index (χ2v) is 7.09. The van der Waals surface area contributed by atoms with E-state index in [2.05, 4.69) is 61.3 Å². The van der Waals surface area contributed by atoms with Gasteiger partial charge in [0, 0.05) is 17.8 Å². The van der Waals surface area contributed by atoms with Crippen LogP contribution in [0.25, 0.3) is 5.57 Å². The Balaban J connectivity index is 1.81. The molecular weight excluding hydrogens is 326 g/mol. The van der Waals surface area contributed by atoms with Crippen LogP contribution < -0.4 is 10.3 Å². The molecule has 1 aliphatic heterocycles. The Morgan fingerprint density at radius 2 is 2.15 bits per heavy atom. The van der Waals surface area contributed by atoms with Crippen LogP contribution in [-0.4, -0.2) is 24.2 Å². The highest BCUT2D eigenvalue weighted by Crippen LogP contribution is 2.39. The lowest BCUT2D eigenvalue weighted by Crippen LogP contribution is -2.45. The summed E-state index contributed by atoms with van der Waals surface area (Å²) in [6.45, 7) is 9.84. The fourth-order valence-corrected chi connectivity index (χ4v) is 3.44. The molecule has 1 aromatic carbocycles. The Morgan fingerprint density at radius 3 is 2.85 bits per heavy atom. The van der Waals surface area contributed by atoms with Crippen molar-refractivity contribution in [2.24, 2.45) is 5.10 Å². The van der Waals surface area contributed by atoms with Crippen molar-refractivity contribution in [1.29, 1.82) is 0 Å². The molecule has 26 heavy (non-hydrogen) atoms. The van der Waals surface area contributed by atoms with E-state index in [9.17, 15) is 4.79 Å². The third kappa shape index (κ3) is 3.57. The number of nitrogens with zero attached hydrogens (tertiary/aromatic N) is 2. The summed E-state index contributed by atoms with van der Waals surface area (Å²) in [6.07, 6.45) is 6.52. The molecule has 1 N–H and O–H groups in total. The number of carbonyl (C=O) groups excluding carboxylic acids is 1. The van der Waals surface area contributed by atoms with Gasteiger partial charge < -0.3 is 9.32 Å². The number of furan rings is 1. The maximum atomic E-state index is 11.8. The lowest BCUT2D eigenvalue weighted by molar-refractivity contribution is 0.0927. The zero-order valence-electron chi connectivity index (χ0n) is 15.7. The first-order valence-corrected chi connectivity index (χ1v) is 8.91. The summed E-state index contributed by atoms with van der Waals surface area (Å²) in [5.41, 5.74) is 7.12. The van der Waals surface area contributed by atoms with E-state index in [4.69, 9.17) is 4.42 Å². The molecule has 1 amide bonds.